The van der Waals surface area contributed by atoms with Gasteiger partial charge < -0.3 is 15.4 Å². The summed E-state index contributed by atoms with van der Waals surface area (Å²) in [7, 11) is 0. The predicted octanol–water partition coefficient (Wildman–Crippen LogP) is 2.97. The summed E-state index contributed by atoms with van der Waals surface area (Å²) in [6, 6.07) is 7.49. The molecule has 2 aliphatic rings. The van der Waals surface area contributed by atoms with Crippen LogP contribution in [-0.2, 0) is 11.2 Å². The molecule has 140 valence electrons. The highest BCUT2D eigenvalue weighted by atomic mass is 16.5. The smallest absolute Gasteiger partial charge is 0.253 e. The van der Waals surface area contributed by atoms with Crippen molar-refractivity contribution in [2.45, 2.75) is 57.1 Å². The molecule has 0 aromatic heterocycles. The van der Waals surface area contributed by atoms with Crippen LogP contribution in [0, 0.1) is 11.3 Å². The van der Waals surface area contributed by atoms with Gasteiger partial charge in [-0.25, -0.2) is 0 Å². The number of nitriles is 1. The Morgan fingerprint density at radius 1 is 1.22 bits per heavy atom. The number of nitrogens with zero attached hydrogens (tertiary/aromatic N) is 1. The summed E-state index contributed by atoms with van der Waals surface area (Å²) in [6.07, 6.45) is 5.76. The van der Waals surface area contributed by atoms with Crippen LogP contribution in [0.4, 0.5) is 17.1 Å². The van der Waals surface area contributed by atoms with Crippen molar-refractivity contribution in [1.29, 1.82) is 5.26 Å². The van der Waals surface area contributed by atoms with E-state index in [4.69, 9.17) is 10.00 Å². The van der Waals surface area contributed by atoms with E-state index in [1.807, 2.05) is 6.92 Å². The Morgan fingerprint density at radius 2 is 2.00 bits per heavy atom. The Hall–Kier alpha value is -2.65. The number of anilines is 3. The second kappa shape index (κ2) is 6.82. The molecule has 2 unspecified atom stereocenters. The molecule has 2 fully saturated rings. The second-order valence-corrected chi connectivity index (χ2v) is 7.48. The number of benzene rings is 1. The van der Waals surface area contributed by atoms with E-state index in [1.54, 1.807) is 18.2 Å². The van der Waals surface area contributed by atoms with Crippen molar-refractivity contribution in [2.24, 2.45) is 0 Å². The van der Waals surface area contributed by atoms with Gasteiger partial charge in [0.25, 0.3) is 10.9 Å². The van der Waals surface area contributed by atoms with Crippen LogP contribution in [0.2, 0.25) is 0 Å². The molecule has 2 N–H and O–H groups in total. The number of aryl methyl sites for hydroxylation is 1. The van der Waals surface area contributed by atoms with Crippen LogP contribution in [0.15, 0.2) is 27.8 Å². The molecule has 0 bridgehead atoms. The zero-order chi connectivity index (χ0) is 19.0. The normalized spacial score (nSPS) is 24.4. The van der Waals surface area contributed by atoms with Gasteiger partial charge in [0.2, 0.25) is 0 Å². The van der Waals surface area contributed by atoms with E-state index in [2.05, 4.69) is 16.7 Å². The lowest BCUT2D eigenvalue weighted by Crippen LogP contribution is -2.46. The van der Waals surface area contributed by atoms with Gasteiger partial charge >= 0.3 is 0 Å². The van der Waals surface area contributed by atoms with E-state index >= 15 is 0 Å². The van der Waals surface area contributed by atoms with Crippen LogP contribution in [0.3, 0.4) is 0 Å². The highest BCUT2D eigenvalue weighted by Gasteiger charge is 2.47. The minimum absolute atomic E-state index is 0.0652. The molecule has 1 spiro atoms. The summed E-state index contributed by atoms with van der Waals surface area (Å²) >= 11 is 0. The third-order valence-electron chi connectivity index (χ3n) is 5.97. The number of nitrogens with one attached hydrogen (secondary N) is 2. The van der Waals surface area contributed by atoms with Crippen molar-refractivity contribution in [2.75, 3.05) is 17.2 Å². The Morgan fingerprint density at radius 3 is 2.70 bits per heavy atom. The quantitative estimate of drug-likeness (QED) is 0.792. The molecule has 2 atom stereocenters. The first kappa shape index (κ1) is 17.7. The minimum atomic E-state index is -0.497. The molecule has 1 aliphatic carbocycles. The van der Waals surface area contributed by atoms with Gasteiger partial charge in [-0.3, -0.25) is 9.59 Å². The molecular weight excluding hydrogens is 342 g/mol. The second-order valence-electron chi connectivity index (χ2n) is 7.48. The van der Waals surface area contributed by atoms with Gasteiger partial charge in [0, 0.05) is 12.3 Å². The van der Waals surface area contributed by atoms with E-state index < -0.39 is 10.9 Å². The molecule has 4 rings (SSSR count). The Balaban J connectivity index is 1.60. The number of hydrogen-bond donors (Lipinski definition) is 2. The zero-order valence-electron chi connectivity index (χ0n) is 15.4. The molecule has 0 radical (unpaired) electrons. The fourth-order valence-electron chi connectivity index (χ4n) is 4.47. The molecule has 1 saturated carbocycles. The molecule has 0 amide bonds. The van der Waals surface area contributed by atoms with E-state index in [1.165, 1.54) is 0 Å². The van der Waals surface area contributed by atoms with Gasteiger partial charge in [-0.2, -0.15) is 5.26 Å². The van der Waals surface area contributed by atoms with E-state index in [9.17, 15) is 9.59 Å². The Labute approximate surface area is 157 Å². The first-order valence-corrected chi connectivity index (χ1v) is 9.62. The molecule has 1 aliphatic heterocycles. The average Bonchev–Trinajstić information content (AvgIpc) is 3.34. The largest absolute Gasteiger partial charge is 0.374 e. The molecule has 27 heavy (non-hydrogen) atoms. The van der Waals surface area contributed by atoms with Crippen LogP contribution in [0.25, 0.3) is 0 Å². The van der Waals surface area contributed by atoms with Crippen LogP contribution in [-0.4, -0.2) is 18.2 Å². The third kappa shape index (κ3) is 2.92. The highest BCUT2D eigenvalue weighted by Crippen LogP contribution is 2.42. The number of hydrogen-bond acceptors (Lipinski definition) is 6. The zero-order valence-corrected chi connectivity index (χ0v) is 15.4. The number of rotatable bonds is 5. The summed E-state index contributed by atoms with van der Waals surface area (Å²) in [5.41, 5.74) is 1.79. The molecule has 2 aromatic rings. The summed E-state index contributed by atoms with van der Waals surface area (Å²) in [5, 5.41) is 15.5. The van der Waals surface area contributed by atoms with Crippen LogP contribution in [0.5, 0.6) is 0 Å². The maximum Gasteiger partial charge on any atom is 0.253 e. The molecule has 6 heteroatoms. The molecule has 2 aromatic carbocycles. The summed E-state index contributed by atoms with van der Waals surface area (Å²) in [4.78, 5) is 24.4. The number of ether oxygens (including phenoxy) is 1. The van der Waals surface area contributed by atoms with Crippen molar-refractivity contribution < 1.29 is 4.74 Å². The van der Waals surface area contributed by atoms with Crippen molar-refractivity contribution in [3.8, 4) is 6.07 Å². The van der Waals surface area contributed by atoms with Gasteiger partial charge in [0.15, 0.2) is 0 Å². The summed E-state index contributed by atoms with van der Waals surface area (Å²) < 4.78 is 6.03. The monoisotopic (exact) mass is 365 g/mol. The lowest BCUT2D eigenvalue weighted by Gasteiger charge is -2.32. The fraction of sp³-hybridized carbons (Fsp3) is 0.476. The summed E-state index contributed by atoms with van der Waals surface area (Å²) in [6.45, 7) is 2.75. The molecular formula is C21H23N3O3. The van der Waals surface area contributed by atoms with Gasteiger partial charge in [-0.05, 0) is 62.3 Å². The summed E-state index contributed by atoms with van der Waals surface area (Å²) in [5.74, 6) is 0. The lowest BCUT2D eigenvalue weighted by atomic mass is 9.93. The maximum atomic E-state index is 12.2. The van der Waals surface area contributed by atoms with E-state index in [-0.39, 0.29) is 11.6 Å². The highest BCUT2D eigenvalue weighted by molar-refractivity contribution is 5.80. The fourth-order valence-corrected chi connectivity index (χ4v) is 4.47. The van der Waals surface area contributed by atoms with Gasteiger partial charge in [0.1, 0.15) is 11.4 Å². The first-order valence-electron chi connectivity index (χ1n) is 9.62. The topological polar surface area (TPSA) is 91.2 Å². The average molecular weight is 365 g/mol. The Kier molecular flexibility index (Phi) is 4.48. The predicted molar refractivity (Wildman–Crippen MR) is 104 cm³/mol. The Bertz CT molecular complexity index is 970. The van der Waals surface area contributed by atoms with Crippen LogP contribution < -0.4 is 21.5 Å². The van der Waals surface area contributed by atoms with E-state index in [0.717, 1.165) is 56.4 Å². The first-order chi connectivity index (χ1) is 13.1. The van der Waals surface area contributed by atoms with Gasteiger partial charge in [-0.15, -0.1) is 0 Å². The van der Waals surface area contributed by atoms with Gasteiger partial charge in [0.05, 0.1) is 23.3 Å². The maximum absolute atomic E-state index is 12.2. The SMILES string of the molecule is CCc1cc(C#N)ccc1Nc1c(NC2CCCC23CCCO3)c(=O)c1=O. The van der Waals surface area contributed by atoms with Crippen LogP contribution in [0.1, 0.15) is 50.2 Å². The van der Waals surface area contributed by atoms with E-state index in [0.29, 0.717) is 16.9 Å². The van der Waals surface area contributed by atoms with Crippen molar-refractivity contribution >= 4 is 17.1 Å². The van der Waals surface area contributed by atoms with Crippen molar-refractivity contribution in [1.82, 2.24) is 0 Å². The van der Waals surface area contributed by atoms with Gasteiger partial charge in [-0.1, -0.05) is 6.92 Å². The minimum Gasteiger partial charge on any atom is -0.374 e. The third-order valence-corrected chi connectivity index (χ3v) is 5.97. The standard InChI is InChI=1S/C21H23N3O3/c1-2-14-11-13(12-22)6-7-15(14)23-17-18(20(26)19(17)25)24-16-5-3-8-21(16)9-4-10-27-21/h6-7,11,16,23-24H,2-5,8-10H2,1H3. The van der Waals surface area contributed by atoms with Crippen LogP contribution >= 0.6 is 0 Å². The van der Waals surface area contributed by atoms with Crippen molar-refractivity contribution in [3.63, 3.8) is 0 Å². The molecule has 1 saturated heterocycles. The lowest BCUT2D eigenvalue weighted by molar-refractivity contribution is 0.00274. The molecule has 1 heterocycles. The molecule has 6 nitrogen and oxygen atoms in total. The van der Waals surface area contributed by atoms with Crippen molar-refractivity contribution in [3.05, 3.63) is 49.8 Å².